The van der Waals surface area contributed by atoms with Crippen LogP contribution in [0.4, 0.5) is 27.1 Å². The van der Waals surface area contributed by atoms with Crippen molar-refractivity contribution >= 4 is 44.6 Å². The topological polar surface area (TPSA) is 33.5 Å². The third kappa shape index (κ3) is 9.93. The van der Waals surface area contributed by atoms with E-state index in [1.165, 1.54) is 27.8 Å². The van der Waals surface area contributed by atoms with E-state index in [4.69, 9.17) is 9.72 Å². The fraction of sp³-hybridized carbons (Fsp3) is 0.203. The molecule has 0 radical (unpaired) electrons. The maximum absolute atomic E-state index is 15.0. The highest BCUT2D eigenvalue weighted by Crippen LogP contribution is 2.53. The molecular formula is C74H69FN4O. The first-order valence-electron chi connectivity index (χ1n) is 28.0. The van der Waals surface area contributed by atoms with E-state index in [1.54, 1.807) is 12.1 Å². The first-order valence-corrected chi connectivity index (χ1v) is 28.0. The average Bonchev–Trinajstić information content (AvgIpc) is 4.00. The summed E-state index contributed by atoms with van der Waals surface area (Å²) in [5.74, 6) is 2.04. The van der Waals surface area contributed by atoms with Crippen LogP contribution in [0.15, 0.2) is 206 Å². The summed E-state index contributed by atoms with van der Waals surface area (Å²) in [7, 11) is 0. The number of rotatable bonds is 9. The van der Waals surface area contributed by atoms with Gasteiger partial charge >= 0.3 is 0 Å². The predicted molar refractivity (Wildman–Crippen MR) is 334 cm³/mol. The average molecular weight is 1050 g/mol. The summed E-state index contributed by atoms with van der Waals surface area (Å²) in [5, 5.41) is 2.29. The quantitative estimate of drug-likeness (QED) is 0.144. The van der Waals surface area contributed by atoms with E-state index >= 15 is 4.39 Å². The van der Waals surface area contributed by atoms with E-state index in [1.807, 2.05) is 18.3 Å². The smallest absolute Gasteiger partial charge is 0.137 e. The van der Waals surface area contributed by atoms with Crippen molar-refractivity contribution in [2.24, 2.45) is 0 Å². The molecule has 80 heavy (non-hydrogen) atoms. The highest BCUT2D eigenvalue weighted by molar-refractivity contribution is 6.09. The Labute approximate surface area is 471 Å². The first-order chi connectivity index (χ1) is 38.2. The minimum atomic E-state index is -0.271. The van der Waals surface area contributed by atoms with E-state index in [9.17, 15) is 0 Å². The molecule has 11 aromatic rings. The molecule has 0 unspecified atom stereocenters. The van der Waals surface area contributed by atoms with Gasteiger partial charge in [-0.25, -0.2) is 9.37 Å². The molecule has 12 rings (SSSR count). The zero-order valence-electron chi connectivity index (χ0n) is 47.9. The molecule has 0 atom stereocenters. The van der Waals surface area contributed by atoms with Gasteiger partial charge in [-0.2, -0.15) is 0 Å². The number of hydrogen-bond donors (Lipinski definition) is 0. The number of fused-ring (bicyclic) bond motifs is 4. The molecule has 0 fully saturated rings. The Morgan fingerprint density at radius 1 is 0.425 bits per heavy atom. The number of ether oxygens (including phenoxy) is 1. The third-order valence-corrected chi connectivity index (χ3v) is 15.8. The number of halogens is 1. The van der Waals surface area contributed by atoms with Gasteiger partial charge in [0.15, 0.2) is 0 Å². The number of anilines is 4. The molecule has 0 N–H and O–H groups in total. The van der Waals surface area contributed by atoms with Gasteiger partial charge in [0.1, 0.15) is 29.8 Å². The van der Waals surface area contributed by atoms with Crippen LogP contribution >= 0.6 is 0 Å². The summed E-state index contributed by atoms with van der Waals surface area (Å²) in [6, 6.07) is 70.9. The molecule has 0 bridgehead atoms. The van der Waals surface area contributed by atoms with Crippen molar-refractivity contribution < 1.29 is 9.13 Å². The second-order valence-corrected chi connectivity index (χ2v) is 25.0. The fourth-order valence-corrected chi connectivity index (χ4v) is 11.6. The lowest BCUT2D eigenvalue weighted by Crippen LogP contribution is -2.25. The van der Waals surface area contributed by atoms with E-state index in [-0.39, 0.29) is 22.1 Å². The standard InChI is InChI=1S/C74H69FN4O/c1-47-33-48(2)35-51(34-47)52-38-59(44-61(39-52)80-60-29-30-63-62-21-15-16-22-66(62)79(69(63)45-60)70-43-55(31-32-76-70)72(3,4)5)77-46-78(68-24-18-17-23-67(68)77)71-64(50-25-27-58(75)28-26-50)40-53(49-19-13-12-14-20-49)41-65(71)54-36-56(73(6,7)8)42-57(37-54)74(9,10)11/h12-45H,46H2,1-11H3. The zero-order chi connectivity index (χ0) is 55.8. The van der Waals surface area contributed by atoms with Gasteiger partial charge in [-0.3, -0.25) is 4.57 Å². The van der Waals surface area contributed by atoms with Crippen molar-refractivity contribution in [2.75, 3.05) is 16.5 Å². The van der Waals surface area contributed by atoms with Crippen LogP contribution in [0.25, 0.3) is 72.1 Å². The SMILES string of the molecule is Cc1cc(C)cc(-c2cc(Oc3ccc4c5ccccc5n(-c5cc(C(C)(C)C)ccn5)c4c3)cc(N3CN(c4c(-c5ccc(F)cc5)cc(-c5ccccc5)cc4-c4cc(C(C)(C)C)cc(C(C)(C)C)c4)c4ccccc43)c2)c1. The van der Waals surface area contributed by atoms with Gasteiger partial charge in [0.2, 0.25) is 0 Å². The monoisotopic (exact) mass is 1050 g/mol. The number of pyridine rings is 1. The van der Waals surface area contributed by atoms with Gasteiger partial charge in [0, 0.05) is 45.9 Å². The number of hydrogen-bond acceptors (Lipinski definition) is 4. The van der Waals surface area contributed by atoms with Gasteiger partial charge < -0.3 is 14.5 Å². The van der Waals surface area contributed by atoms with Gasteiger partial charge in [-0.05, 0) is 159 Å². The lowest BCUT2D eigenvalue weighted by Gasteiger charge is -2.30. The number of benzene rings is 9. The van der Waals surface area contributed by atoms with E-state index in [2.05, 4.69) is 266 Å². The molecule has 2 aromatic heterocycles. The number of aryl methyl sites for hydroxylation is 2. The highest BCUT2D eigenvalue weighted by Gasteiger charge is 2.33. The molecule has 6 heteroatoms. The molecule has 9 aromatic carbocycles. The predicted octanol–water partition coefficient (Wildman–Crippen LogP) is 20.5. The van der Waals surface area contributed by atoms with Crippen molar-refractivity contribution in [3.63, 3.8) is 0 Å². The van der Waals surface area contributed by atoms with Gasteiger partial charge in [0.25, 0.3) is 0 Å². The Bertz CT molecular complexity index is 4120. The van der Waals surface area contributed by atoms with Crippen molar-refractivity contribution in [3.05, 3.63) is 240 Å². The summed E-state index contributed by atoms with van der Waals surface area (Å²) in [6.45, 7) is 25.3. The minimum Gasteiger partial charge on any atom is -0.457 e. The van der Waals surface area contributed by atoms with Crippen LogP contribution in [0.2, 0.25) is 0 Å². The highest BCUT2D eigenvalue weighted by atomic mass is 19.1. The normalized spacial score (nSPS) is 12.9. The van der Waals surface area contributed by atoms with Crippen molar-refractivity contribution in [1.29, 1.82) is 0 Å². The zero-order valence-corrected chi connectivity index (χ0v) is 47.9. The van der Waals surface area contributed by atoms with Crippen molar-refractivity contribution in [1.82, 2.24) is 9.55 Å². The number of para-hydroxylation sites is 3. The van der Waals surface area contributed by atoms with Crippen LogP contribution in [-0.2, 0) is 16.2 Å². The molecule has 0 saturated heterocycles. The molecule has 3 heterocycles. The van der Waals surface area contributed by atoms with E-state index in [0.717, 1.165) is 106 Å². The van der Waals surface area contributed by atoms with Crippen LogP contribution in [0.1, 0.15) is 90.1 Å². The Hall–Kier alpha value is -8.74. The van der Waals surface area contributed by atoms with Crippen molar-refractivity contribution in [3.8, 4) is 61.8 Å². The molecule has 1 aliphatic rings. The molecule has 398 valence electrons. The lowest BCUT2D eigenvalue weighted by molar-refractivity contribution is 0.483. The Balaban J connectivity index is 1.05. The van der Waals surface area contributed by atoms with Crippen LogP contribution in [-0.4, -0.2) is 16.2 Å². The van der Waals surface area contributed by atoms with Crippen LogP contribution in [0.5, 0.6) is 11.5 Å². The molecule has 0 aliphatic carbocycles. The van der Waals surface area contributed by atoms with Crippen LogP contribution in [0.3, 0.4) is 0 Å². The van der Waals surface area contributed by atoms with Gasteiger partial charge in [0.05, 0.1) is 28.1 Å². The van der Waals surface area contributed by atoms with E-state index < -0.39 is 0 Å². The Morgan fingerprint density at radius 3 is 1.69 bits per heavy atom. The maximum Gasteiger partial charge on any atom is 0.137 e. The molecular weight excluding hydrogens is 980 g/mol. The summed E-state index contributed by atoms with van der Waals surface area (Å²) < 4.78 is 24.5. The first kappa shape index (κ1) is 52.0. The second kappa shape index (κ2) is 19.9. The minimum absolute atomic E-state index is 0.0511. The molecule has 5 nitrogen and oxygen atoms in total. The fourth-order valence-electron chi connectivity index (χ4n) is 11.6. The Morgan fingerprint density at radius 2 is 1.01 bits per heavy atom. The second-order valence-electron chi connectivity index (χ2n) is 25.0. The van der Waals surface area contributed by atoms with E-state index in [0.29, 0.717) is 6.67 Å². The number of nitrogens with zero attached hydrogens (tertiary/aromatic N) is 4. The van der Waals surface area contributed by atoms with Gasteiger partial charge in [-0.15, -0.1) is 0 Å². The Kier molecular flexibility index (Phi) is 12.9. The number of aromatic nitrogens is 2. The van der Waals surface area contributed by atoms with Gasteiger partial charge in [-0.1, -0.05) is 183 Å². The van der Waals surface area contributed by atoms with Crippen molar-refractivity contribution in [2.45, 2.75) is 92.4 Å². The third-order valence-electron chi connectivity index (χ3n) is 15.8. The summed E-state index contributed by atoms with van der Waals surface area (Å²) in [4.78, 5) is 9.85. The molecule has 0 saturated carbocycles. The lowest BCUT2D eigenvalue weighted by atomic mass is 9.78. The molecule has 1 aliphatic heterocycles. The van der Waals surface area contributed by atoms with Crippen LogP contribution in [0, 0.1) is 19.7 Å². The summed E-state index contributed by atoms with van der Waals surface area (Å²) >= 11 is 0. The van der Waals surface area contributed by atoms with Crippen LogP contribution < -0.4 is 14.5 Å². The summed E-state index contributed by atoms with van der Waals surface area (Å²) in [6.07, 6.45) is 1.92. The molecule has 0 spiro atoms. The summed E-state index contributed by atoms with van der Waals surface area (Å²) in [5.41, 5.74) is 20.7. The largest absolute Gasteiger partial charge is 0.457 e. The maximum atomic E-state index is 15.0. The molecule has 0 amide bonds.